The van der Waals surface area contributed by atoms with Crippen molar-refractivity contribution in [2.75, 3.05) is 38.4 Å². The van der Waals surface area contributed by atoms with E-state index in [9.17, 15) is 24.5 Å². The first-order valence-corrected chi connectivity index (χ1v) is 17.6. The quantitative estimate of drug-likeness (QED) is 0.103. The Labute approximate surface area is 281 Å². The Hall–Kier alpha value is -2.51. The molecule has 268 valence electrons. The Bertz CT molecular complexity index is 1520. The zero-order chi connectivity index (χ0) is 34.9. The zero-order valence-corrected chi connectivity index (χ0v) is 29.0. The van der Waals surface area contributed by atoms with Crippen LogP contribution in [0.1, 0.15) is 66.0 Å². The van der Waals surface area contributed by atoms with Gasteiger partial charge in [-0.2, -0.15) is 15.1 Å². The maximum atomic E-state index is 14.2. The highest BCUT2D eigenvalue weighted by molar-refractivity contribution is 7.55. The van der Waals surface area contributed by atoms with Crippen LogP contribution < -0.4 is 10.4 Å². The highest BCUT2D eigenvalue weighted by Crippen LogP contribution is 2.62. The van der Waals surface area contributed by atoms with E-state index in [4.69, 9.17) is 44.3 Å². The molecule has 5 rings (SSSR count). The smallest absolute Gasteiger partial charge is 0.413 e. The lowest BCUT2D eigenvalue weighted by atomic mass is 10.1. The van der Waals surface area contributed by atoms with Crippen LogP contribution in [0.25, 0.3) is 11.0 Å². The molecule has 1 aliphatic carbocycles. The van der Waals surface area contributed by atoms with E-state index in [1.54, 1.807) is 27.7 Å². The monoisotopic (exact) mass is 720 g/mol. The zero-order valence-electron chi connectivity index (χ0n) is 27.4. The van der Waals surface area contributed by atoms with E-state index in [1.165, 1.54) is 28.4 Å². The molecule has 20 heteroatoms. The number of anilines is 1. The number of carbonyl (C=O) groups is 2. The Morgan fingerprint density at radius 1 is 1.19 bits per heavy atom. The molecule has 2 saturated heterocycles. The van der Waals surface area contributed by atoms with Crippen molar-refractivity contribution in [3.05, 3.63) is 11.5 Å². The van der Waals surface area contributed by atoms with Crippen LogP contribution in [0.15, 0.2) is 6.20 Å². The number of hydrogen-bond acceptors (Lipinski definition) is 14. The van der Waals surface area contributed by atoms with Gasteiger partial charge in [0.05, 0.1) is 44.4 Å². The fourth-order valence-electron chi connectivity index (χ4n) is 6.59. The van der Waals surface area contributed by atoms with Gasteiger partial charge in [-0.25, -0.2) is 15.0 Å². The summed E-state index contributed by atoms with van der Waals surface area (Å²) < 4.78 is 57.3. The molecule has 0 aromatic carbocycles. The van der Waals surface area contributed by atoms with Crippen LogP contribution in [-0.2, 0) is 42.1 Å². The third-order valence-corrected chi connectivity index (χ3v) is 11.2. The van der Waals surface area contributed by atoms with Crippen molar-refractivity contribution in [2.24, 2.45) is 0 Å². The molecule has 18 nitrogen and oxygen atoms in total. The molecule has 48 heavy (non-hydrogen) atoms. The number of aromatic nitrogens is 4. The van der Waals surface area contributed by atoms with Crippen molar-refractivity contribution in [1.82, 2.24) is 25.2 Å². The summed E-state index contributed by atoms with van der Waals surface area (Å²) >= 11 is 6.37. The molecule has 1 unspecified atom stereocenters. The Balaban J connectivity index is 1.51. The number of methoxy groups -OCH3 is 1. The molecule has 3 aliphatic rings. The van der Waals surface area contributed by atoms with Crippen LogP contribution in [0.5, 0.6) is 0 Å². The number of fused-ring (bicyclic) bond motifs is 2. The van der Waals surface area contributed by atoms with Gasteiger partial charge in [0.1, 0.15) is 18.3 Å². The number of nitrogens with one attached hydrogen (secondary N) is 1. The molecule has 0 spiro atoms. The largest absolute Gasteiger partial charge is 0.465 e. The molecule has 0 radical (unpaired) electrons. The second kappa shape index (κ2) is 14.8. The van der Waals surface area contributed by atoms with Gasteiger partial charge in [0, 0.05) is 13.2 Å². The average molecular weight is 721 g/mol. The normalized spacial score (nSPS) is 25.3. The molecule has 0 bridgehead atoms. The van der Waals surface area contributed by atoms with Gasteiger partial charge in [-0.3, -0.25) is 19.5 Å². The number of rotatable bonds is 15. The number of hydroxylamine groups is 1. The Morgan fingerprint density at radius 2 is 1.85 bits per heavy atom. The van der Waals surface area contributed by atoms with E-state index >= 15 is 0 Å². The molecule has 3 N–H and O–H groups in total. The van der Waals surface area contributed by atoms with E-state index in [-0.39, 0.29) is 42.6 Å². The molecule has 1 saturated carbocycles. The standard InChI is InChI=1S/C28H42ClN6O12P/c1-6-43-48(40,44-7-2)28(15-41-5,12-19(36)33-39)42-14-18-20-21(47-27(3,4)46-20)24(45-18)35-23-17(13-30-35)22(31-25(29)32-23)34(26(37)38)16-10-8-9-11-16/h13,16,18,20-21,24,39H,6-12,14-15H2,1-5H3,(H,33,36)(H,37,38)/t18-,20-,21-,24-,28?/m1/s1. The third-order valence-electron chi connectivity index (χ3n) is 8.44. The Morgan fingerprint density at radius 3 is 2.46 bits per heavy atom. The maximum Gasteiger partial charge on any atom is 0.413 e. The van der Waals surface area contributed by atoms with Crippen LogP contribution in [0, 0.1) is 0 Å². The summed E-state index contributed by atoms with van der Waals surface area (Å²) in [5, 5.41) is 22.2. The van der Waals surface area contributed by atoms with Crippen molar-refractivity contribution in [2.45, 2.75) is 102 Å². The SMILES string of the molecule is CCOP(=O)(OCC)C(COC)(CC(=O)NO)OC[C@H]1O[C@@H](n2ncc3c(N(C(=O)O)C4CCCC4)nc(Cl)nc32)[C@@H]2OC(C)(C)O[C@@H]21. The fourth-order valence-corrected chi connectivity index (χ4v) is 8.83. The van der Waals surface area contributed by atoms with Crippen molar-refractivity contribution in [3.63, 3.8) is 0 Å². The second-order valence-corrected chi connectivity index (χ2v) is 14.8. The van der Waals surface area contributed by atoms with Gasteiger partial charge in [0.15, 0.2) is 23.5 Å². The van der Waals surface area contributed by atoms with Gasteiger partial charge >= 0.3 is 13.7 Å². The van der Waals surface area contributed by atoms with Crippen LogP contribution in [-0.4, -0.2) is 111 Å². The van der Waals surface area contributed by atoms with Crippen LogP contribution in [0.3, 0.4) is 0 Å². The molecule has 5 atom stereocenters. The molecule has 2 aliphatic heterocycles. The first-order valence-electron chi connectivity index (χ1n) is 15.7. The highest BCUT2D eigenvalue weighted by Gasteiger charge is 2.59. The number of hydrogen-bond donors (Lipinski definition) is 3. The summed E-state index contributed by atoms with van der Waals surface area (Å²) in [5.74, 6) is -1.87. The van der Waals surface area contributed by atoms with Gasteiger partial charge in [0.2, 0.25) is 16.5 Å². The number of ether oxygens (including phenoxy) is 5. The second-order valence-electron chi connectivity index (χ2n) is 12.1. The summed E-state index contributed by atoms with van der Waals surface area (Å²) in [7, 11) is -2.91. The van der Waals surface area contributed by atoms with E-state index in [1.807, 2.05) is 0 Å². The summed E-state index contributed by atoms with van der Waals surface area (Å²) in [5.41, 5.74) is 1.74. The fraction of sp³-hybridized carbons (Fsp3) is 0.750. The molecule has 2 aromatic heterocycles. The van der Waals surface area contributed by atoms with Crippen molar-refractivity contribution < 1.29 is 57.2 Å². The molecule has 2 amide bonds. The van der Waals surface area contributed by atoms with Gasteiger partial charge in [-0.05, 0) is 52.1 Å². The predicted molar refractivity (Wildman–Crippen MR) is 167 cm³/mol. The number of carbonyl (C=O) groups excluding carboxylic acids is 1. The lowest BCUT2D eigenvalue weighted by molar-refractivity contribution is -0.207. The molecular formula is C28H42ClN6O12P. The minimum atomic E-state index is -4.24. The predicted octanol–water partition coefficient (Wildman–Crippen LogP) is 3.85. The van der Waals surface area contributed by atoms with E-state index in [0.29, 0.717) is 18.2 Å². The Kier molecular flexibility index (Phi) is 11.3. The van der Waals surface area contributed by atoms with Gasteiger partial charge < -0.3 is 37.8 Å². The van der Waals surface area contributed by atoms with Gasteiger partial charge in [-0.15, -0.1) is 0 Å². The van der Waals surface area contributed by atoms with Crippen LogP contribution in [0.2, 0.25) is 5.28 Å². The van der Waals surface area contributed by atoms with Crippen molar-refractivity contribution in [3.8, 4) is 0 Å². The summed E-state index contributed by atoms with van der Waals surface area (Å²) in [4.78, 5) is 34.8. The topological polar surface area (TPSA) is 215 Å². The lowest BCUT2D eigenvalue weighted by Gasteiger charge is -2.38. The maximum absolute atomic E-state index is 14.2. The molecule has 3 fully saturated rings. The van der Waals surface area contributed by atoms with Crippen LogP contribution in [0.4, 0.5) is 10.6 Å². The molecular weight excluding hydrogens is 679 g/mol. The average Bonchev–Trinajstić information content (AvgIpc) is 3.81. The first kappa shape index (κ1) is 36.8. The highest BCUT2D eigenvalue weighted by atomic mass is 35.5. The van der Waals surface area contributed by atoms with E-state index in [2.05, 4.69) is 15.1 Å². The number of halogens is 1. The number of carboxylic acid groups (broad SMARTS) is 1. The van der Waals surface area contributed by atoms with Gasteiger partial charge in [-0.1, -0.05) is 12.8 Å². The molecule has 2 aromatic rings. The third kappa shape index (κ3) is 7.06. The molecule has 4 heterocycles. The number of amides is 2. The van der Waals surface area contributed by atoms with E-state index < -0.39 is 68.3 Å². The van der Waals surface area contributed by atoms with Crippen molar-refractivity contribution in [1.29, 1.82) is 0 Å². The first-order chi connectivity index (χ1) is 22.8. The summed E-state index contributed by atoms with van der Waals surface area (Å²) in [6.07, 6.45) is -0.624. The number of nitrogens with zero attached hydrogens (tertiary/aromatic N) is 5. The van der Waals surface area contributed by atoms with E-state index in [0.717, 1.165) is 12.8 Å². The minimum Gasteiger partial charge on any atom is -0.465 e. The summed E-state index contributed by atoms with van der Waals surface area (Å²) in [6.45, 7) is 5.86. The summed E-state index contributed by atoms with van der Waals surface area (Å²) in [6, 6.07) is -0.273. The lowest BCUT2D eigenvalue weighted by Crippen LogP contribution is -2.46. The minimum absolute atomic E-state index is 0.0382. The van der Waals surface area contributed by atoms with Crippen LogP contribution >= 0.6 is 19.2 Å². The van der Waals surface area contributed by atoms with Gasteiger partial charge in [0.25, 0.3) is 0 Å². The van der Waals surface area contributed by atoms with Crippen molar-refractivity contribution >= 4 is 48.0 Å².